The molecule has 0 bridgehead atoms. The van der Waals surface area contributed by atoms with E-state index in [1.165, 1.54) is 0 Å². The van der Waals surface area contributed by atoms with Crippen LogP contribution in [0.25, 0.3) is 0 Å². The van der Waals surface area contributed by atoms with E-state index in [0.717, 1.165) is 25.0 Å². The molecule has 0 saturated heterocycles. The Morgan fingerprint density at radius 1 is 0.556 bits per heavy atom. The minimum absolute atomic E-state index is 0.359. The monoisotopic (exact) mass is 382 g/mol. The molecule has 0 saturated carbocycles. The molecule has 0 rings (SSSR count). The predicted molar refractivity (Wildman–Crippen MR) is 92.3 cm³/mol. The first-order chi connectivity index (χ1) is 12.9. The molecule has 0 spiro atoms. The van der Waals surface area contributed by atoms with Crippen molar-refractivity contribution in [3.05, 3.63) is 51.4 Å². The zero-order valence-corrected chi connectivity index (χ0v) is 14.8. The molecule has 0 aromatic heterocycles. The van der Waals surface area contributed by atoms with E-state index >= 15 is 0 Å². The normalized spacial score (nSPS) is 9.85. The highest BCUT2D eigenvalue weighted by atomic mass is 16.6. The fourth-order valence-corrected chi connectivity index (χ4v) is 1.92. The van der Waals surface area contributed by atoms with Gasteiger partial charge < -0.3 is 23.7 Å². The molecule has 0 atom stereocenters. The highest BCUT2D eigenvalue weighted by Crippen LogP contribution is 2.16. The second-order valence-corrected chi connectivity index (χ2v) is 4.82. The Hall–Kier alpha value is -3.20. The molecule has 0 unspecified atom stereocenters. The fraction of sp³-hybridized carbons (Fsp3) is 0.333. The largest absolute Gasteiger partial charge is 0.435 e. The SMILES string of the molecule is C=COC(=O)CC(CC(=O)OC=C)OC(CC(=O)OC=C)CC(=O)OC=C. The molecule has 0 heterocycles. The maximum atomic E-state index is 11.7. The van der Waals surface area contributed by atoms with E-state index in [4.69, 9.17) is 4.74 Å². The van der Waals surface area contributed by atoms with Gasteiger partial charge in [0.15, 0.2) is 0 Å². The lowest BCUT2D eigenvalue weighted by Crippen LogP contribution is -2.31. The molecule has 0 fully saturated rings. The summed E-state index contributed by atoms with van der Waals surface area (Å²) in [4.78, 5) is 46.7. The Labute approximate surface area is 156 Å². The molecule has 9 heteroatoms. The van der Waals surface area contributed by atoms with E-state index in [1.54, 1.807) is 0 Å². The van der Waals surface area contributed by atoms with Gasteiger partial charge in [-0.2, -0.15) is 0 Å². The fourth-order valence-electron chi connectivity index (χ4n) is 1.92. The summed E-state index contributed by atoms with van der Waals surface area (Å²) in [5.74, 6) is -2.94. The van der Waals surface area contributed by atoms with Gasteiger partial charge in [0, 0.05) is 0 Å². The molecule has 0 radical (unpaired) electrons. The Kier molecular flexibility index (Phi) is 12.4. The van der Waals surface area contributed by atoms with Crippen LogP contribution in [0.2, 0.25) is 0 Å². The zero-order chi connectivity index (χ0) is 20.7. The topological polar surface area (TPSA) is 114 Å². The maximum absolute atomic E-state index is 11.7. The van der Waals surface area contributed by atoms with Crippen LogP contribution in [0.1, 0.15) is 25.7 Å². The van der Waals surface area contributed by atoms with Gasteiger partial charge in [0.2, 0.25) is 0 Å². The van der Waals surface area contributed by atoms with Crippen LogP contribution in [-0.4, -0.2) is 36.1 Å². The third-order valence-electron chi connectivity index (χ3n) is 2.82. The van der Waals surface area contributed by atoms with Gasteiger partial charge in [-0.05, 0) is 0 Å². The van der Waals surface area contributed by atoms with Crippen LogP contribution >= 0.6 is 0 Å². The van der Waals surface area contributed by atoms with Crippen molar-refractivity contribution in [3.8, 4) is 0 Å². The van der Waals surface area contributed by atoms with Crippen LogP contribution in [0, 0.1) is 0 Å². The van der Waals surface area contributed by atoms with E-state index in [-0.39, 0.29) is 25.7 Å². The molecule has 0 amide bonds. The molecule has 9 nitrogen and oxygen atoms in total. The number of esters is 4. The minimum Gasteiger partial charge on any atom is -0.435 e. The molecule has 27 heavy (non-hydrogen) atoms. The summed E-state index contributed by atoms with van der Waals surface area (Å²) in [5, 5.41) is 0. The lowest BCUT2D eigenvalue weighted by molar-refractivity contribution is -0.152. The predicted octanol–water partition coefficient (Wildman–Crippen LogP) is 2.05. The van der Waals surface area contributed by atoms with Crippen molar-refractivity contribution < 1.29 is 42.9 Å². The number of carbonyl (C=O) groups excluding carboxylic acids is 4. The first-order valence-electron chi connectivity index (χ1n) is 7.73. The van der Waals surface area contributed by atoms with Crippen LogP contribution in [-0.2, 0) is 42.9 Å². The summed E-state index contributed by atoms with van der Waals surface area (Å²) in [6.07, 6.45) is 0.131. The van der Waals surface area contributed by atoms with E-state index in [1.807, 2.05) is 0 Å². The number of hydrogen-bond acceptors (Lipinski definition) is 9. The molecule has 0 aromatic rings. The highest BCUT2D eigenvalue weighted by Gasteiger charge is 2.27. The van der Waals surface area contributed by atoms with E-state index < -0.39 is 36.1 Å². The summed E-state index contributed by atoms with van der Waals surface area (Å²) in [5.41, 5.74) is 0. The molecule has 148 valence electrons. The van der Waals surface area contributed by atoms with Gasteiger partial charge in [-0.15, -0.1) is 0 Å². The molecule has 0 aliphatic carbocycles. The Bertz CT molecular complexity index is 481. The van der Waals surface area contributed by atoms with Crippen LogP contribution in [0.4, 0.5) is 0 Å². The second kappa shape index (κ2) is 14.0. The minimum atomic E-state index is -1.05. The van der Waals surface area contributed by atoms with Crippen molar-refractivity contribution in [2.45, 2.75) is 37.9 Å². The smallest absolute Gasteiger partial charge is 0.313 e. The van der Waals surface area contributed by atoms with E-state index in [9.17, 15) is 19.2 Å². The van der Waals surface area contributed by atoms with Crippen molar-refractivity contribution in [2.75, 3.05) is 0 Å². The van der Waals surface area contributed by atoms with Crippen molar-refractivity contribution in [3.63, 3.8) is 0 Å². The summed E-state index contributed by atoms with van der Waals surface area (Å²) >= 11 is 0. The maximum Gasteiger partial charge on any atom is 0.313 e. The lowest BCUT2D eigenvalue weighted by Gasteiger charge is -2.22. The van der Waals surface area contributed by atoms with Gasteiger partial charge in [0.05, 0.1) is 62.9 Å². The van der Waals surface area contributed by atoms with Gasteiger partial charge in [-0.1, -0.05) is 26.3 Å². The van der Waals surface area contributed by atoms with E-state index in [2.05, 4.69) is 45.3 Å². The summed E-state index contributed by atoms with van der Waals surface area (Å²) in [7, 11) is 0. The molecule has 0 aromatic carbocycles. The van der Waals surface area contributed by atoms with Crippen LogP contribution in [0.3, 0.4) is 0 Å². The Morgan fingerprint density at radius 2 is 0.778 bits per heavy atom. The van der Waals surface area contributed by atoms with Crippen LogP contribution < -0.4 is 0 Å². The number of rotatable bonds is 14. The third kappa shape index (κ3) is 11.9. The second-order valence-electron chi connectivity index (χ2n) is 4.82. The van der Waals surface area contributed by atoms with Crippen molar-refractivity contribution in [2.24, 2.45) is 0 Å². The molecule has 0 aliphatic rings. The highest BCUT2D eigenvalue weighted by molar-refractivity contribution is 5.75. The Balaban J connectivity index is 5.23. The first kappa shape index (κ1) is 23.8. The number of ether oxygens (including phenoxy) is 5. The lowest BCUT2D eigenvalue weighted by atomic mass is 10.1. The van der Waals surface area contributed by atoms with Crippen molar-refractivity contribution in [1.29, 1.82) is 0 Å². The summed E-state index contributed by atoms with van der Waals surface area (Å²) < 4.78 is 24.0. The van der Waals surface area contributed by atoms with Gasteiger partial charge in [0.1, 0.15) is 0 Å². The van der Waals surface area contributed by atoms with Gasteiger partial charge in [-0.3, -0.25) is 19.2 Å². The molecule has 0 aliphatic heterocycles. The third-order valence-corrected chi connectivity index (χ3v) is 2.82. The summed E-state index contributed by atoms with van der Waals surface area (Å²) in [6.45, 7) is 13.0. The standard InChI is InChI=1S/C18H22O9/c1-5-23-15(19)9-13(10-16(20)24-6-2)27-14(11-17(21)25-7-3)12-18(22)26-8-4/h5-8,13-14H,1-4,9-12H2. The number of hydrogen-bond donors (Lipinski definition) is 0. The van der Waals surface area contributed by atoms with Crippen LogP contribution in [0.15, 0.2) is 51.4 Å². The zero-order valence-electron chi connectivity index (χ0n) is 14.8. The summed E-state index contributed by atoms with van der Waals surface area (Å²) in [6, 6.07) is 0. The van der Waals surface area contributed by atoms with Gasteiger partial charge in [0.25, 0.3) is 0 Å². The quantitative estimate of drug-likeness (QED) is 0.253. The first-order valence-corrected chi connectivity index (χ1v) is 7.73. The van der Waals surface area contributed by atoms with Crippen molar-refractivity contribution >= 4 is 23.9 Å². The average molecular weight is 382 g/mol. The molecular weight excluding hydrogens is 360 g/mol. The van der Waals surface area contributed by atoms with Crippen molar-refractivity contribution in [1.82, 2.24) is 0 Å². The molecule has 0 N–H and O–H groups in total. The number of carbonyl (C=O) groups is 4. The van der Waals surface area contributed by atoms with Gasteiger partial charge in [-0.25, -0.2) is 0 Å². The molecular formula is C18H22O9. The van der Waals surface area contributed by atoms with Gasteiger partial charge >= 0.3 is 23.9 Å². The van der Waals surface area contributed by atoms with Crippen LogP contribution in [0.5, 0.6) is 0 Å². The van der Waals surface area contributed by atoms with E-state index in [0.29, 0.717) is 0 Å². The average Bonchev–Trinajstić information content (AvgIpc) is 2.55. The Morgan fingerprint density at radius 3 is 0.963 bits per heavy atom.